The molecule has 1 aliphatic heterocycles. The molecule has 1 N–H and O–H groups in total. The number of nitrogens with zero attached hydrogens (tertiary/aromatic N) is 2. The number of carbonyl (C=O) groups is 3. The van der Waals surface area contributed by atoms with Crippen molar-refractivity contribution < 1.29 is 33.7 Å². The summed E-state index contributed by atoms with van der Waals surface area (Å²) in [7, 11) is 0. The van der Waals surface area contributed by atoms with Gasteiger partial charge in [-0.1, -0.05) is 48.8 Å². The lowest BCUT2D eigenvalue weighted by Crippen LogP contribution is -2.29. The molecule has 41 heavy (non-hydrogen) atoms. The van der Waals surface area contributed by atoms with Crippen LogP contribution in [-0.2, 0) is 14.3 Å². The number of anilines is 1. The van der Waals surface area contributed by atoms with Gasteiger partial charge in [-0.15, -0.1) is 0 Å². The second-order valence-corrected chi connectivity index (χ2v) is 10.0. The van der Waals surface area contributed by atoms with Gasteiger partial charge < -0.3 is 19.3 Å². The Morgan fingerprint density at radius 3 is 2.29 bits per heavy atom. The van der Waals surface area contributed by atoms with E-state index in [1.165, 1.54) is 4.90 Å². The topological polar surface area (TPSA) is 115 Å². The number of amides is 1. The van der Waals surface area contributed by atoms with Crippen molar-refractivity contribution in [2.24, 2.45) is 0 Å². The van der Waals surface area contributed by atoms with Gasteiger partial charge in [0.1, 0.15) is 35.3 Å². The van der Waals surface area contributed by atoms with Crippen LogP contribution in [0.1, 0.15) is 45.0 Å². The Bertz CT molecular complexity index is 1540. The van der Waals surface area contributed by atoms with Crippen molar-refractivity contribution in [2.45, 2.75) is 26.8 Å². The first-order chi connectivity index (χ1) is 19.7. The van der Waals surface area contributed by atoms with Crippen molar-refractivity contribution in [2.75, 3.05) is 24.7 Å². The zero-order valence-corrected chi connectivity index (χ0v) is 23.8. The monoisotopic (exact) mass is 574 g/mol. The Morgan fingerprint density at radius 1 is 1.05 bits per heavy atom. The van der Waals surface area contributed by atoms with E-state index in [9.17, 15) is 19.5 Å². The maximum absolute atomic E-state index is 13.5. The fourth-order valence-corrected chi connectivity index (χ4v) is 5.40. The number of ether oxygens (including phenoxy) is 3. The average molecular weight is 575 g/mol. The van der Waals surface area contributed by atoms with Crippen molar-refractivity contribution in [3.05, 3.63) is 101 Å². The molecule has 4 rings (SSSR count). The van der Waals surface area contributed by atoms with Gasteiger partial charge in [0, 0.05) is 5.56 Å². The summed E-state index contributed by atoms with van der Waals surface area (Å²) < 4.78 is 16.3. The number of rotatable bonds is 11. The van der Waals surface area contributed by atoms with E-state index < -0.39 is 23.7 Å². The average Bonchev–Trinajstić information content (AvgIpc) is 3.47. The molecule has 1 saturated heterocycles. The zero-order valence-electron chi connectivity index (χ0n) is 23.0. The summed E-state index contributed by atoms with van der Waals surface area (Å²) in [6, 6.07) is 10.8. The largest absolute Gasteiger partial charge is 0.507 e. The van der Waals surface area contributed by atoms with Crippen LogP contribution in [0, 0.1) is 13.8 Å². The number of aryl methyl sites for hydroxylation is 2. The smallest absolute Gasteiger partial charge is 0.350 e. The number of aromatic nitrogens is 1. The quantitative estimate of drug-likeness (QED) is 0.102. The van der Waals surface area contributed by atoms with Crippen molar-refractivity contribution in [3.8, 4) is 11.5 Å². The zero-order chi connectivity index (χ0) is 29.7. The lowest BCUT2D eigenvalue weighted by molar-refractivity contribution is -0.132. The lowest BCUT2D eigenvalue weighted by Gasteiger charge is -2.23. The molecule has 2 heterocycles. The van der Waals surface area contributed by atoms with Crippen LogP contribution < -0.4 is 14.4 Å². The third-order valence-corrected chi connectivity index (χ3v) is 7.42. The van der Waals surface area contributed by atoms with Crippen molar-refractivity contribution in [3.63, 3.8) is 0 Å². The summed E-state index contributed by atoms with van der Waals surface area (Å²) in [5.74, 6) is -1.54. The van der Waals surface area contributed by atoms with Crippen molar-refractivity contribution >= 4 is 39.9 Å². The molecule has 1 aromatic heterocycles. The van der Waals surface area contributed by atoms with Gasteiger partial charge in [-0.25, -0.2) is 9.78 Å². The summed E-state index contributed by atoms with van der Waals surface area (Å²) >= 11 is 0.948. The molecule has 0 saturated carbocycles. The standard InChI is InChI=1S/C31H30N2O7S/c1-6-15-39-21-11-9-20(10-12-21)25-24(26(34)23-14-13-22(17-18(23)4)40-16-7-2)27(35)29(36)33(25)31-32-19(5)28(41-31)30(37)38-8-3/h6-7,9-14,17,25,34H,1-2,8,15-16H2,3-5H3/t25-/m1/s1. The maximum Gasteiger partial charge on any atom is 0.350 e. The third kappa shape index (κ3) is 5.92. The molecular weight excluding hydrogens is 544 g/mol. The summed E-state index contributed by atoms with van der Waals surface area (Å²) in [5, 5.41) is 11.7. The molecule has 3 aromatic rings. The Morgan fingerprint density at radius 2 is 1.68 bits per heavy atom. The van der Waals surface area contributed by atoms with E-state index >= 15 is 0 Å². The van der Waals surface area contributed by atoms with Crippen LogP contribution in [0.15, 0.2) is 73.3 Å². The van der Waals surface area contributed by atoms with E-state index in [1.54, 1.807) is 75.4 Å². The van der Waals surface area contributed by atoms with Crippen LogP contribution in [-0.4, -0.2) is 47.6 Å². The molecule has 1 amide bonds. The Balaban J connectivity index is 1.87. The van der Waals surface area contributed by atoms with Gasteiger partial charge in [0.05, 0.1) is 23.9 Å². The number of hydrogen-bond acceptors (Lipinski definition) is 9. The van der Waals surface area contributed by atoms with Gasteiger partial charge >= 0.3 is 11.9 Å². The van der Waals surface area contributed by atoms with E-state index in [1.807, 2.05) is 0 Å². The highest BCUT2D eigenvalue weighted by Crippen LogP contribution is 2.44. The summed E-state index contributed by atoms with van der Waals surface area (Å²) in [6.45, 7) is 13.2. The molecule has 1 fully saturated rings. The van der Waals surface area contributed by atoms with Crippen LogP contribution in [0.4, 0.5) is 5.13 Å². The second-order valence-electron chi connectivity index (χ2n) is 9.05. The van der Waals surface area contributed by atoms with Gasteiger partial charge in [0.15, 0.2) is 5.13 Å². The number of benzene rings is 2. The SMILES string of the molecule is C=CCOc1ccc([C@@H]2C(=C(O)c3ccc(OCC=C)cc3C)C(=O)C(=O)N2c2nc(C)c(C(=O)OCC)s2)cc1. The molecule has 2 aromatic carbocycles. The van der Waals surface area contributed by atoms with E-state index in [-0.39, 0.29) is 27.9 Å². The minimum Gasteiger partial charge on any atom is -0.507 e. The normalized spacial score (nSPS) is 16.0. The lowest BCUT2D eigenvalue weighted by atomic mass is 9.94. The summed E-state index contributed by atoms with van der Waals surface area (Å²) in [5.41, 5.74) is 1.79. The van der Waals surface area contributed by atoms with Crippen LogP contribution >= 0.6 is 11.3 Å². The number of carbonyl (C=O) groups excluding carboxylic acids is 3. The fraction of sp³-hybridized carbons (Fsp3) is 0.226. The van der Waals surface area contributed by atoms with Gasteiger partial charge in [0.25, 0.3) is 5.78 Å². The Hall–Kier alpha value is -4.70. The van der Waals surface area contributed by atoms with Crippen LogP contribution in [0.25, 0.3) is 5.76 Å². The molecule has 0 radical (unpaired) electrons. The number of aliphatic hydroxyl groups is 1. The van der Waals surface area contributed by atoms with Gasteiger partial charge in [0.2, 0.25) is 0 Å². The molecule has 0 spiro atoms. The van der Waals surface area contributed by atoms with E-state index in [0.29, 0.717) is 47.1 Å². The highest BCUT2D eigenvalue weighted by atomic mass is 32.1. The van der Waals surface area contributed by atoms with E-state index in [4.69, 9.17) is 14.2 Å². The predicted octanol–water partition coefficient (Wildman–Crippen LogP) is 5.69. The van der Waals surface area contributed by atoms with Gasteiger partial charge in [-0.3, -0.25) is 14.5 Å². The second kappa shape index (κ2) is 12.6. The van der Waals surface area contributed by atoms with Crippen molar-refractivity contribution in [1.82, 2.24) is 4.98 Å². The molecule has 0 unspecified atom stereocenters. The minimum atomic E-state index is -1.03. The number of Topliss-reactive ketones (excluding diaryl/α,β-unsaturated/α-hetero) is 1. The first-order valence-corrected chi connectivity index (χ1v) is 13.7. The summed E-state index contributed by atoms with van der Waals surface area (Å²) in [4.78, 5) is 45.5. The predicted molar refractivity (Wildman–Crippen MR) is 157 cm³/mol. The molecule has 9 nitrogen and oxygen atoms in total. The highest BCUT2D eigenvalue weighted by Gasteiger charge is 2.48. The Kier molecular flexibility index (Phi) is 9.04. The molecule has 10 heteroatoms. The van der Waals surface area contributed by atoms with Gasteiger partial charge in [-0.05, 0) is 62.2 Å². The third-order valence-electron chi connectivity index (χ3n) is 6.28. The van der Waals surface area contributed by atoms with Gasteiger partial charge in [-0.2, -0.15) is 0 Å². The summed E-state index contributed by atoms with van der Waals surface area (Å²) in [6.07, 6.45) is 3.23. The molecular formula is C31H30N2O7S. The number of aliphatic hydroxyl groups excluding tert-OH is 1. The highest BCUT2D eigenvalue weighted by molar-refractivity contribution is 7.17. The first-order valence-electron chi connectivity index (χ1n) is 12.9. The fourth-order valence-electron chi connectivity index (χ4n) is 4.41. The molecule has 0 bridgehead atoms. The van der Waals surface area contributed by atoms with Crippen LogP contribution in [0.2, 0.25) is 0 Å². The number of thiazole rings is 1. The van der Waals surface area contributed by atoms with Crippen LogP contribution in [0.3, 0.4) is 0 Å². The molecule has 212 valence electrons. The number of ketones is 1. The van der Waals surface area contributed by atoms with Crippen LogP contribution in [0.5, 0.6) is 11.5 Å². The Labute approximate surface area is 242 Å². The van der Waals surface area contributed by atoms with E-state index in [2.05, 4.69) is 18.1 Å². The number of esters is 1. The number of hydrogen-bond donors (Lipinski definition) is 1. The molecule has 1 atom stereocenters. The maximum atomic E-state index is 13.5. The van der Waals surface area contributed by atoms with Crippen molar-refractivity contribution in [1.29, 1.82) is 0 Å². The molecule has 1 aliphatic rings. The van der Waals surface area contributed by atoms with E-state index in [0.717, 1.165) is 11.3 Å². The first kappa shape index (κ1) is 29.3. The minimum absolute atomic E-state index is 0.108. The molecule has 0 aliphatic carbocycles.